The number of hydrogen-bond donors (Lipinski definition) is 1. The predicted molar refractivity (Wildman–Crippen MR) is 93.6 cm³/mol. The lowest BCUT2D eigenvalue weighted by molar-refractivity contribution is -0.116. The Balaban J connectivity index is 1.31. The molecule has 0 unspecified atom stereocenters. The van der Waals surface area contributed by atoms with Crippen LogP contribution in [-0.4, -0.2) is 26.2 Å². The molecule has 1 aliphatic rings. The van der Waals surface area contributed by atoms with E-state index >= 15 is 0 Å². The number of rotatable bonds is 6. The molecule has 1 amide bonds. The van der Waals surface area contributed by atoms with Crippen LogP contribution in [0, 0.1) is 0 Å². The summed E-state index contributed by atoms with van der Waals surface area (Å²) in [4.78, 5) is 16.3. The second kappa shape index (κ2) is 6.89. The Morgan fingerprint density at radius 2 is 2.08 bits per heavy atom. The quantitative estimate of drug-likeness (QED) is 0.706. The molecule has 1 N–H and O–H groups in total. The van der Waals surface area contributed by atoms with E-state index in [4.69, 9.17) is 16.1 Å². The lowest BCUT2D eigenvalue weighted by atomic mass is 10.2. The minimum atomic E-state index is -0.148. The number of halogens is 1. The molecule has 0 spiro atoms. The minimum absolute atomic E-state index is 0.148. The van der Waals surface area contributed by atoms with Gasteiger partial charge in [0.2, 0.25) is 22.8 Å². The van der Waals surface area contributed by atoms with E-state index in [2.05, 4.69) is 25.7 Å². The van der Waals surface area contributed by atoms with Crippen LogP contribution in [0.4, 0.5) is 5.13 Å². The van der Waals surface area contributed by atoms with Crippen LogP contribution in [0.3, 0.4) is 0 Å². The van der Waals surface area contributed by atoms with Gasteiger partial charge in [0.1, 0.15) is 5.01 Å². The first-order valence-corrected chi connectivity index (χ1v) is 9.08. The average molecular weight is 376 g/mol. The molecule has 0 saturated heterocycles. The van der Waals surface area contributed by atoms with Gasteiger partial charge in [0.05, 0.1) is 0 Å². The zero-order chi connectivity index (χ0) is 17.2. The first-order valence-electron chi connectivity index (χ1n) is 7.89. The first kappa shape index (κ1) is 16.2. The van der Waals surface area contributed by atoms with Crippen molar-refractivity contribution in [1.29, 1.82) is 0 Å². The highest BCUT2D eigenvalue weighted by Gasteiger charge is 2.27. The van der Waals surface area contributed by atoms with E-state index in [1.165, 1.54) is 11.3 Å². The van der Waals surface area contributed by atoms with Crippen LogP contribution in [0.1, 0.15) is 36.1 Å². The standard InChI is InChI=1S/C16H14ClN5O2S/c17-11-5-3-9(4-6-11)14-19-13(24-22-14)8-7-12(23)18-16-21-20-15(25-16)10-1-2-10/h3-6,10H,1-2,7-8H2,(H,18,21,23). The molecule has 3 aromatic rings. The average Bonchev–Trinajstić information content (AvgIpc) is 3.17. The fraction of sp³-hybridized carbons (Fsp3) is 0.312. The third kappa shape index (κ3) is 4.02. The van der Waals surface area contributed by atoms with Gasteiger partial charge in [-0.05, 0) is 37.1 Å². The van der Waals surface area contributed by atoms with Gasteiger partial charge in [0.15, 0.2) is 0 Å². The Morgan fingerprint density at radius 1 is 1.28 bits per heavy atom. The first-order chi connectivity index (χ1) is 12.2. The monoisotopic (exact) mass is 375 g/mol. The minimum Gasteiger partial charge on any atom is -0.339 e. The molecular formula is C16H14ClN5O2S. The van der Waals surface area contributed by atoms with Crippen LogP contribution in [0.25, 0.3) is 11.4 Å². The molecule has 9 heteroatoms. The van der Waals surface area contributed by atoms with Gasteiger partial charge >= 0.3 is 0 Å². The third-order valence-corrected chi connectivity index (χ3v) is 5.00. The van der Waals surface area contributed by atoms with E-state index in [-0.39, 0.29) is 12.3 Å². The van der Waals surface area contributed by atoms with Gasteiger partial charge in [0, 0.05) is 29.3 Å². The maximum atomic E-state index is 12.0. The molecule has 0 bridgehead atoms. The molecule has 1 fully saturated rings. The highest BCUT2D eigenvalue weighted by molar-refractivity contribution is 7.15. The van der Waals surface area contributed by atoms with Crippen LogP contribution >= 0.6 is 22.9 Å². The lowest BCUT2D eigenvalue weighted by Gasteiger charge is -1.98. The second-order valence-corrected chi connectivity index (χ2v) is 7.23. The van der Waals surface area contributed by atoms with Crippen LogP contribution < -0.4 is 5.32 Å². The van der Waals surface area contributed by atoms with Crippen molar-refractivity contribution in [2.75, 3.05) is 5.32 Å². The number of nitrogens with zero attached hydrogens (tertiary/aromatic N) is 4. The lowest BCUT2D eigenvalue weighted by Crippen LogP contribution is -2.12. The van der Waals surface area contributed by atoms with Crippen molar-refractivity contribution in [2.45, 2.75) is 31.6 Å². The smallest absolute Gasteiger partial charge is 0.227 e. The summed E-state index contributed by atoms with van der Waals surface area (Å²) in [6.07, 6.45) is 2.92. The van der Waals surface area contributed by atoms with Crippen molar-refractivity contribution in [3.63, 3.8) is 0 Å². The predicted octanol–water partition coefficient (Wildman–Crippen LogP) is 3.69. The molecule has 1 aromatic carbocycles. The van der Waals surface area contributed by atoms with Gasteiger partial charge in [-0.15, -0.1) is 10.2 Å². The number of amides is 1. The van der Waals surface area contributed by atoms with Crippen molar-refractivity contribution in [3.05, 3.63) is 40.2 Å². The van der Waals surface area contributed by atoms with E-state index in [1.54, 1.807) is 12.1 Å². The zero-order valence-corrected chi connectivity index (χ0v) is 14.7. The van der Waals surface area contributed by atoms with E-state index in [0.29, 0.717) is 34.2 Å². The van der Waals surface area contributed by atoms with E-state index in [9.17, 15) is 4.79 Å². The Bertz CT molecular complexity index is 888. The highest BCUT2D eigenvalue weighted by Crippen LogP contribution is 2.42. The van der Waals surface area contributed by atoms with E-state index in [0.717, 1.165) is 23.4 Å². The summed E-state index contributed by atoms with van der Waals surface area (Å²) in [7, 11) is 0. The van der Waals surface area contributed by atoms with Gasteiger partial charge in [-0.25, -0.2) is 0 Å². The number of aryl methyl sites for hydroxylation is 1. The van der Waals surface area contributed by atoms with Crippen LogP contribution in [0.2, 0.25) is 5.02 Å². The highest BCUT2D eigenvalue weighted by atomic mass is 35.5. The Kier molecular flexibility index (Phi) is 4.46. The summed E-state index contributed by atoms with van der Waals surface area (Å²) in [5.41, 5.74) is 0.810. The molecule has 128 valence electrons. The van der Waals surface area contributed by atoms with Crippen LogP contribution in [-0.2, 0) is 11.2 Å². The molecule has 2 aromatic heterocycles. The summed E-state index contributed by atoms with van der Waals surface area (Å²) >= 11 is 7.30. The number of anilines is 1. The summed E-state index contributed by atoms with van der Waals surface area (Å²) in [6, 6.07) is 7.16. The normalized spacial score (nSPS) is 13.8. The van der Waals surface area contributed by atoms with Gasteiger partial charge < -0.3 is 9.84 Å². The zero-order valence-electron chi connectivity index (χ0n) is 13.1. The van der Waals surface area contributed by atoms with Gasteiger partial charge in [-0.1, -0.05) is 28.1 Å². The van der Waals surface area contributed by atoms with E-state index < -0.39 is 0 Å². The van der Waals surface area contributed by atoms with Crippen molar-refractivity contribution >= 4 is 34.0 Å². The fourth-order valence-corrected chi connectivity index (χ4v) is 3.31. The Labute approximate surface area is 152 Å². The van der Waals surface area contributed by atoms with Crippen molar-refractivity contribution in [3.8, 4) is 11.4 Å². The summed E-state index contributed by atoms with van der Waals surface area (Å²) in [6.45, 7) is 0. The molecule has 2 heterocycles. The number of carbonyl (C=O) groups excluding carboxylic acids is 1. The van der Waals surface area contributed by atoms with Gasteiger partial charge in [-0.3, -0.25) is 4.79 Å². The molecule has 4 rings (SSSR count). The molecule has 1 aliphatic carbocycles. The fourth-order valence-electron chi connectivity index (χ4n) is 2.26. The van der Waals surface area contributed by atoms with Crippen LogP contribution in [0.5, 0.6) is 0 Å². The second-order valence-electron chi connectivity index (χ2n) is 5.79. The largest absolute Gasteiger partial charge is 0.339 e. The SMILES string of the molecule is O=C(CCc1nc(-c2ccc(Cl)cc2)no1)Nc1nnc(C2CC2)s1. The maximum Gasteiger partial charge on any atom is 0.227 e. The Hall–Kier alpha value is -2.32. The molecular weight excluding hydrogens is 362 g/mol. The third-order valence-electron chi connectivity index (χ3n) is 3.75. The van der Waals surface area contributed by atoms with Crippen molar-refractivity contribution < 1.29 is 9.32 Å². The number of hydrogen-bond acceptors (Lipinski definition) is 7. The number of carbonyl (C=O) groups is 1. The topological polar surface area (TPSA) is 93.8 Å². The maximum absolute atomic E-state index is 12.0. The van der Waals surface area contributed by atoms with E-state index in [1.807, 2.05) is 12.1 Å². The molecule has 7 nitrogen and oxygen atoms in total. The molecule has 0 radical (unpaired) electrons. The van der Waals surface area contributed by atoms with Crippen molar-refractivity contribution in [2.24, 2.45) is 0 Å². The van der Waals surface area contributed by atoms with Crippen molar-refractivity contribution in [1.82, 2.24) is 20.3 Å². The molecule has 25 heavy (non-hydrogen) atoms. The number of benzene rings is 1. The summed E-state index contributed by atoms with van der Waals surface area (Å²) in [5, 5.41) is 17.0. The number of aromatic nitrogens is 4. The summed E-state index contributed by atoms with van der Waals surface area (Å²) in [5.74, 6) is 1.28. The summed E-state index contributed by atoms with van der Waals surface area (Å²) < 4.78 is 5.19. The molecule has 1 saturated carbocycles. The van der Waals surface area contributed by atoms with Crippen LogP contribution in [0.15, 0.2) is 28.8 Å². The molecule has 0 aliphatic heterocycles. The number of nitrogens with one attached hydrogen (secondary N) is 1. The Morgan fingerprint density at radius 3 is 2.84 bits per heavy atom. The molecule has 0 atom stereocenters. The van der Waals surface area contributed by atoms with Gasteiger partial charge in [0.25, 0.3) is 0 Å². The van der Waals surface area contributed by atoms with Gasteiger partial charge in [-0.2, -0.15) is 4.98 Å².